The van der Waals surface area contributed by atoms with Gasteiger partial charge in [0.1, 0.15) is 17.8 Å². The first-order valence-electron chi connectivity index (χ1n) is 11.7. The fourth-order valence-corrected chi connectivity index (χ4v) is 4.34. The highest BCUT2D eigenvalue weighted by Gasteiger charge is 2.49. The Balaban J connectivity index is 1.29. The van der Waals surface area contributed by atoms with Crippen molar-refractivity contribution in [3.8, 4) is 0 Å². The number of hydrogen-bond acceptors (Lipinski definition) is 5. The second kappa shape index (κ2) is 9.62. The predicted molar refractivity (Wildman–Crippen MR) is 136 cm³/mol. The first kappa shape index (κ1) is 23.8. The molecule has 2 heterocycles. The zero-order chi connectivity index (χ0) is 26.0. The second-order valence-electron chi connectivity index (χ2n) is 8.86. The molecule has 0 bridgehead atoms. The number of rotatable bonds is 7. The number of urea groups is 1. The number of nitrogens with one attached hydrogen (secondary N) is 3. The van der Waals surface area contributed by atoms with Crippen molar-refractivity contribution >= 4 is 40.2 Å². The number of imide groups is 1. The quantitative estimate of drug-likeness (QED) is 0.337. The van der Waals surface area contributed by atoms with Crippen LogP contribution < -0.4 is 16.0 Å². The monoisotopic (exact) mass is 496 g/mol. The largest absolute Gasteiger partial charge is 0.467 e. The normalized spacial score (nSPS) is 17.1. The predicted octanol–water partition coefficient (Wildman–Crippen LogP) is 3.77. The van der Waals surface area contributed by atoms with Gasteiger partial charge in [0, 0.05) is 0 Å². The molecule has 1 fully saturated rings. The van der Waals surface area contributed by atoms with E-state index in [1.165, 1.54) is 6.26 Å². The van der Waals surface area contributed by atoms with Gasteiger partial charge < -0.3 is 20.4 Å². The molecule has 1 atom stereocenters. The number of hydrogen-bond donors (Lipinski definition) is 3. The molecule has 9 heteroatoms. The average Bonchev–Trinajstić information content (AvgIpc) is 3.50. The summed E-state index contributed by atoms with van der Waals surface area (Å²) in [5, 5.41) is 10.0. The molecule has 0 spiro atoms. The highest BCUT2D eigenvalue weighted by molar-refractivity contribution is 6.11. The molecular formula is C28H24N4O5. The van der Waals surface area contributed by atoms with Gasteiger partial charge in [-0.05, 0) is 53.6 Å². The van der Waals surface area contributed by atoms with E-state index >= 15 is 0 Å². The van der Waals surface area contributed by atoms with E-state index in [0.29, 0.717) is 11.3 Å². The van der Waals surface area contributed by atoms with Crippen molar-refractivity contribution in [1.82, 2.24) is 15.5 Å². The summed E-state index contributed by atoms with van der Waals surface area (Å²) in [6.45, 7) is 1.30. The Morgan fingerprint density at radius 1 is 0.946 bits per heavy atom. The molecule has 4 aromatic rings. The second-order valence-corrected chi connectivity index (χ2v) is 8.86. The van der Waals surface area contributed by atoms with Crippen LogP contribution in [0.4, 0.5) is 10.5 Å². The van der Waals surface area contributed by atoms with Crippen LogP contribution in [0.2, 0.25) is 0 Å². The van der Waals surface area contributed by atoms with Gasteiger partial charge >= 0.3 is 6.03 Å². The minimum absolute atomic E-state index is 0.184. The molecule has 1 aliphatic rings. The van der Waals surface area contributed by atoms with E-state index in [2.05, 4.69) is 16.0 Å². The van der Waals surface area contributed by atoms with Crippen LogP contribution in [-0.4, -0.2) is 35.2 Å². The van der Waals surface area contributed by atoms with Crippen molar-refractivity contribution in [3.05, 3.63) is 102 Å². The van der Waals surface area contributed by atoms with Crippen molar-refractivity contribution in [2.45, 2.75) is 19.0 Å². The first-order valence-corrected chi connectivity index (χ1v) is 11.7. The van der Waals surface area contributed by atoms with Crippen molar-refractivity contribution in [2.24, 2.45) is 0 Å². The third kappa shape index (κ3) is 4.66. The van der Waals surface area contributed by atoms with E-state index in [-0.39, 0.29) is 17.8 Å². The Morgan fingerprint density at radius 3 is 2.49 bits per heavy atom. The summed E-state index contributed by atoms with van der Waals surface area (Å²) in [6, 6.07) is 22.5. The summed E-state index contributed by atoms with van der Waals surface area (Å²) in [5.74, 6) is -0.973. The van der Waals surface area contributed by atoms with Crippen LogP contribution in [-0.2, 0) is 21.7 Å². The topological polar surface area (TPSA) is 121 Å². The lowest BCUT2D eigenvalue weighted by atomic mass is 9.90. The zero-order valence-corrected chi connectivity index (χ0v) is 20.0. The van der Waals surface area contributed by atoms with Gasteiger partial charge in [-0.2, -0.15) is 0 Å². The average molecular weight is 497 g/mol. The summed E-state index contributed by atoms with van der Waals surface area (Å²) in [7, 11) is 0. The number of furan rings is 1. The Bertz CT molecular complexity index is 1510. The van der Waals surface area contributed by atoms with Crippen molar-refractivity contribution in [1.29, 1.82) is 0 Å². The van der Waals surface area contributed by atoms with Crippen molar-refractivity contribution in [3.63, 3.8) is 0 Å². The Kier molecular flexibility index (Phi) is 6.19. The van der Waals surface area contributed by atoms with Crippen molar-refractivity contribution < 1.29 is 23.6 Å². The van der Waals surface area contributed by atoms with Crippen LogP contribution in [0.3, 0.4) is 0 Å². The zero-order valence-electron chi connectivity index (χ0n) is 20.0. The minimum atomic E-state index is -1.31. The molecule has 37 heavy (non-hydrogen) atoms. The number of nitrogens with zero attached hydrogens (tertiary/aromatic N) is 1. The number of anilines is 1. The summed E-state index contributed by atoms with van der Waals surface area (Å²) in [5.41, 5.74) is -0.203. The molecule has 0 radical (unpaired) electrons. The number of para-hydroxylation sites is 1. The van der Waals surface area contributed by atoms with E-state index in [9.17, 15) is 19.2 Å². The lowest BCUT2D eigenvalue weighted by molar-refractivity contribution is -0.133. The third-order valence-electron chi connectivity index (χ3n) is 6.35. The molecule has 1 aromatic heterocycles. The number of amides is 5. The number of fused-ring (bicyclic) bond motifs is 1. The minimum Gasteiger partial charge on any atom is -0.467 e. The van der Waals surface area contributed by atoms with Crippen LogP contribution >= 0.6 is 0 Å². The van der Waals surface area contributed by atoms with Crippen molar-refractivity contribution in [2.75, 3.05) is 11.9 Å². The number of carbonyl (C=O) groups is 4. The molecule has 3 N–H and O–H groups in total. The summed E-state index contributed by atoms with van der Waals surface area (Å²) < 4.78 is 5.22. The van der Waals surface area contributed by atoms with Gasteiger partial charge in [0.2, 0.25) is 5.91 Å². The van der Waals surface area contributed by atoms with Crippen LogP contribution in [0, 0.1) is 0 Å². The van der Waals surface area contributed by atoms with Crippen LogP contribution in [0.25, 0.3) is 10.8 Å². The lowest BCUT2D eigenvalue weighted by Gasteiger charge is -2.22. The highest BCUT2D eigenvalue weighted by atomic mass is 16.3. The fourth-order valence-electron chi connectivity index (χ4n) is 4.34. The molecule has 3 aromatic carbocycles. The Labute approximate surface area is 212 Å². The molecule has 186 valence electrons. The van der Waals surface area contributed by atoms with E-state index < -0.39 is 35.8 Å². The maximum atomic E-state index is 13.3. The summed E-state index contributed by atoms with van der Waals surface area (Å²) in [6.07, 6.45) is 1.51. The van der Waals surface area contributed by atoms with Gasteiger partial charge in [-0.3, -0.25) is 19.3 Å². The fraction of sp³-hybridized carbons (Fsp3) is 0.143. The maximum absolute atomic E-state index is 13.3. The molecule has 0 saturated carbocycles. The molecule has 1 aliphatic heterocycles. The highest BCUT2D eigenvalue weighted by Crippen LogP contribution is 2.31. The Hall–Kier alpha value is -4.92. The first-order chi connectivity index (χ1) is 17.8. The number of carbonyl (C=O) groups excluding carboxylic acids is 4. The van der Waals surface area contributed by atoms with E-state index in [1.54, 1.807) is 49.4 Å². The van der Waals surface area contributed by atoms with Gasteiger partial charge in [0.15, 0.2) is 0 Å². The summed E-state index contributed by atoms with van der Waals surface area (Å²) in [4.78, 5) is 52.5. The van der Waals surface area contributed by atoms with E-state index in [0.717, 1.165) is 15.7 Å². The van der Waals surface area contributed by atoms with Gasteiger partial charge in [0.25, 0.3) is 11.8 Å². The molecule has 0 aliphatic carbocycles. The van der Waals surface area contributed by atoms with Gasteiger partial charge in [-0.15, -0.1) is 0 Å². The van der Waals surface area contributed by atoms with Crippen LogP contribution in [0.1, 0.15) is 28.6 Å². The lowest BCUT2D eigenvalue weighted by Crippen LogP contribution is -2.42. The summed E-state index contributed by atoms with van der Waals surface area (Å²) >= 11 is 0. The maximum Gasteiger partial charge on any atom is 0.325 e. The SMILES string of the molecule is CC1(c2ccc3ccccc3c2)NC(=O)N(CC(=O)Nc2ccccc2C(=O)NCc2ccco2)C1=O. The molecule has 1 unspecified atom stereocenters. The van der Waals surface area contributed by atoms with E-state index in [4.69, 9.17) is 4.42 Å². The standard InChI is InChI=1S/C28H24N4O5/c1-28(20-13-12-18-7-2-3-8-19(18)15-20)26(35)32(27(36)31-28)17-24(33)30-23-11-5-4-10-22(23)25(34)29-16-21-9-6-14-37-21/h2-15H,16-17H2,1H3,(H,29,34)(H,30,33)(H,31,36). The number of benzene rings is 3. The molecular weight excluding hydrogens is 472 g/mol. The van der Waals surface area contributed by atoms with Gasteiger partial charge in [-0.1, -0.05) is 48.5 Å². The van der Waals surface area contributed by atoms with Gasteiger partial charge in [0.05, 0.1) is 24.1 Å². The smallest absolute Gasteiger partial charge is 0.325 e. The molecule has 5 amide bonds. The van der Waals surface area contributed by atoms with Crippen LogP contribution in [0.5, 0.6) is 0 Å². The molecule has 5 rings (SSSR count). The Morgan fingerprint density at radius 2 is 1.70 bits per heavy atom. The van der Waals surface area contributed by atoms with E-state index in [1.807, 2.05) is 36.4 Å². The van der Waals surface area contributed by atoms with Gasteiger partial charge in [-0.25, -0.2) is 4.79 Å². The molecule has 1 saturated heterocycles. The molecule has 9 nitrogen and oxygen atoms in total. The van der Waals surface area contributed by atoms with Crippen LogP contribution in [0.15, 0.2) is 89.5 Å². The third-order valence-corrected chi connectivity index (χ3v) is 6.35.